The van der Waals surface area contributed by atoms with Crippen LogP contribution in [0.2, 0.25) is 0 Å². The van der Waals surface area contributed by atoms with Crippen molar-refractivity contribution in [1.29, 1.82) is 0 Å². The first-order chi connectivity index (χ1) is 11.4. The van der Waals surface area contributed by atoms with Gasteiger partial charge in [0.1, 0.15) is 5.75 Å². The smallest absolute Gasteiger partial charge is 0.123 e. The van der Waals surface area contributed by atoms with Crippen LogP contribution in [0.5, 0.6) is 5.75 Å². The highest BCUT2D eigenvalue weighted by Gasteiger charge is 2.25. The summed E-state index contributed by atoms with van der Waals surface area (Å²) in [7, 11) is 0.684. The fourth-order valence-electron chi connectivity index (χ4n) is 2.84. The van der Waals surface area contributed by atoms with Crippen LogP contribution in [-0.2, 0) is 0 Å². The van der Waals surface area contributed by atoms with Gasteiger partial charge in [-0.1, -0.05) is 90.9 Å². The lowest BCUT2D eigenvalue weighted by Crippen LogP contribution is -2.24. The van der Waals surface area contributed by atoms with Gasteiger partial charge in [0.05, 0.1) is 0 Å². The summed E-state index contributed by atoms with van der Waals surface area (Å²) < 4.78 is 0. The van der Waals surface area contributed by atoms with Crippen LogP contribution in [0.3, 0.4) is 0 Å². The molecular weight excluding hydrogens is 311 g/mol. The minimum absolute atomic E-state index is 0.224. The molecule has 0 heterocycles. The first-order valence-corrected chi connectivity index (χ1v) is 9.48. The molecule has 124 valence electrons. The summed E-state index contributed by atoms with van der Waals surface area (Å²) in [5.41, 5.74) is 2.11. The quantitative estimate of drug-likeness (QED) is 0.584. The maximum atomic E-state index is 10.5. The lowest BCUT2D eigenvalue weighted by atomic mass is 9.97. The highest BCUT2D eigenvalue weighted by Crippen LogP contribution is 2.42. The van der Waals surface area contributed by atoms with Gasteiger partial charge in [0.15, 0.2) is 0 Å². The molecule has 0 saturated carbocycles. The van der Waals surface area contributed by atoms with E-state index >= 15 is 0 Å². The summed E-state index contributed by atoms with van der Waals surface area (Å²) in [5.74, 6) is 0.946. The molecule has 0 aliphatic heterocycles. The van der Waals surface area contributed by atoms with Gasteiger partial charge in [0.2, 0.25) is 0 Å². The van der Waals surface area contributed by atoms with Gasteiger partial charge >= 0.3 is 0 Å². The van der Waals surface area contributed by atoms with E-state index in [0.717, 1.165) is 5.56 Å². The molecular formula is C22H25OP. The summed E-state index contributed by atoms with van der Waals surface area (Å²) in [6, 6.07) is 20.6. The van der Waals surface area contributed by atoms with Crippen molar-refractivity contribution >= 4 is 24.7 Å². The Bertz CT molecular complexity index is 865. The number of benzene rings is 3. The number of hydrogen-bond donors (Lipinski definition) is 1. The van der Waals surface area contributed by atoms with Crippen LogP contribution in [0.15, 0.2) is 60.7 Å². The largest absolute Gasteiger partial charge is 0.507 e. The SMILES string of the molecule is CC(C)C(C)(C)Pc1ccc2ccccc2c1-c1ccccc1O. The predicted octanol–water partition coefficient (Wildman–Crippen LogP) is 5.95. The highest BCUT2D eigenvalue weighted by molar-refractivity contribution is 7.49. The Kier molecular flexibility index (Phi) is 4.65. The van der Waals surface area contributed by atoms with Gasteiger partial charge in [-0.05, 0) is 33.2 Å². The fourth-order valence-corrected chi connectivity index (χ4v) is 4.39. The summed E-state index contributed by atoms with van der Waals surface area (Å²) in [6.45, 7) is 9.24. The minimum atomic E-state index is 0.224. The summed E-state index contributed by atoms with van der Waals surface area (Å²) in [5, 5.41) is 14.4. The third-order valence-electron chi connectivity index (χ3n) is 5.00. The van der Waals surface area contributed by atoms with Gasteiger partial charge in [0.25, 0.3) is 0 Å². The molecule has 2 heteroatoms. The second kappa shape index (κ2) is 6.57. The molecule has 0 amide bonds. The van der Waals surface area contributed by atoms with Gasteiger partial charge in [-0.3, -0.25) is 0 Å². The van der Waals surface area contributed by atoms with E-state index in [-0.39, 0.29) is 5.16 Å². The average molecular weight is 336 g/mol. The van der Waals surface area contributed by atoms with Crippen molar-refractivity contribution in [1.82, 2.24) is 0 Å². The summed E-state index contributed by atoms with van der Waals surface area (Å²) >= 11 is 0. The number of phenols is 1. The molecule has 24 heavy (non-hydrogen) atoms. The Morgan fingerprint density at radius 2 is 1.54 bits per heavy atom. The highest BCUT2D eigenvalue weighted by atomic mass is 31.1. The number of aromatic hydroxyl groups is 1. The molecule has 1 N–H and O–H groups in total. The Labute approximate surface area is 146 Å². The van der Waals surface area contributed by atoms with Crippen LogP contribution in [0.25, 0.3) is 21.9 Å². The Balaban J connectivity index is 2.27. The van der Waals surface area contributed by atoms with Gasteiger partial charge < -0.3 is 5.11 Å². The molecule has 0 aliphatic carbocycles. The molecule has 3 aromatic carbocycles. The van der Waals surface area contributed by atoms with Crippen LogP contribution >= 0.6 is 8.58 Å². The summed E-state index contributed by atoms with van der Waals surface area (Å²) in [6.07, 6.45) is 0. The topological polar surface area (TPSA) is 20.2 Å². The molecule has 1 atom stereocenters. The Hall–Kier alpha value is -1.85. The van der Waals surface area contributed by atoms with Crippen molar-refractivity contribution < 1.29 is 5.11 Å². The number of fused-ring (bicyclic) bond motifs is 1. The van der Waals surface area contributed by atoms with E-state index in [1.165, 1.54) is 21.6 Å². The van der Waals surface area contributed by atoms with E-state index in [1.807, 2.05) is 18.2 Å². The zero-order chi connectivity index (χ0) is 17.3. The van der Waals surface area contributed by atoms with E-state index in [9.17, 15) is 5.11 Å². The molecule has 0 radical (unpaired) electrons. The van der Waals surface area contributed by atoms with Gasteiger partial charge in [-0.2, -0.15) is 0 Å². The predicted molar refractivity (Wildman–Crippen MR) is 108 cm³/mol. The first kappa shape index (κ1) is 17.0. The van der Waals surface area contributed by atoms with E-state index in [1.54, 1.807) is 6.07 Å². The Morgan fingerprint density at radius 1 is 0.875 bits per heavy atom. The third-order valence-corrected chi connectivity index (χ3v) is 6.91. The van der Waals surface area contributed by atoms with Crippen molar-refractivity contribution in [2.75, 3.05) is 0 Å². The lowest BCUT2D eigenvalue weighted by Gasteiger charge is -2.30. The second-order valence-corrected chi connectivity index (χ2v) is 9.31. The van der Waals surface area contributed by atoms with Crippen LogP contribution in [0.1, 0.15) is 27.7 Å². The Morgan fingerprint density at radius 3 is 2.25 bits per heavy atom. The van der Waals surface area contributed by atoms with E-state index in [2.05, 4.69) is 64.1 Å². The minimum Gasteiger partial charge on any atom is -0.507 e. The first-order valence-electron chi connectivity index (χ1n) is 8.48. The molecule has 3 aromatic rings. The zero-order valence-corrected chi connectivity index (χ0v) is 15.8. The van der Waals surface area contributed by atoms with Crippen molar-refractivity contribution in [2.24, 2.45) is 5.92 Å². The monoisotopic (exact) mass is 336 g/mol. The third kappa shape index (κ3) is 3.19. The molecule has 0 bridgehead atoms. The molecule has 0 fully saturated rings. The number of para-hydroxylation sites is 1. The molecule has 1 unspecified atom stereocenters. The zero-order valence-electron chi connectivity index (χ0n) is 14.8. The molecule has 0 aromatic heterocycles. The van der Waals surface area contributed by atoms with Crippen LogP contribution in [0.4, 0.5) is 0 Å². The average Bonchev–Trinajstić information content (AvgIpc) is 2.55. The van der Waals surface area contributed by atoms with Gasteiger partial charge in [-0.25, -0.2) is 0 Å². The van der Waals surface area contributed by atoms with Crippen LogP contribution in [0, 0.1) is 5.92 Å². The normalized spacial score (nSPS) is 12.5. The summed E-state index contributed by atoms with van der Waals surface area (Å²) in [4.78, 5) is 0. The van der Waals surface area contributed by atoms with Crippen molar-refractivity contribution in [3.63, 3.8) is 0 Å². The van der Waals surface area contributed by atoms with E-state index in [4.69, 9.17) is 0 Å². The number of hydrogen-bond acceptors (Lipinski definition) is 1. The second-order valence-electron chi connectivity index (χ2n) is 7.23. The molecule has 0 aliphatic rings. The molecule has 3 rings (SSSR count). The van der Waals surface area contributed by atoms with E-state index in [0.29, 0.717) is 20.2 Å². The lowest BCUT2D eigenvalue weighted by molar-refractivity contribution is 0.477. The van der Waals surface area contributed by atoms with Crippen molar-refractivity contribution in [3.05, 3.63) is 60.7 Å². The van der Waals surface area contributed by atoms with Crippen LogP contribution < -0.4 is 5.30 Å². The maximum Gasteiger partial charge on any atom is 0.123 e. The molecule has 0 spiro atoms. The molecule has 0 saturated heterocycles. The van der Waals surface area contributed by atoms with Gasteiger partial charge in [0, 0.05) is 11.1 Å². The maximum absolute atomic E-state index is 10.5. The number of phenolic OH excluding ortho intramolecular Hbond substituents is 1. The number of rotatable bonds is 4. The van der Waals surface area contributed by atoms with E-state index < -0.39 is 0 Å². The van der Waals surface area contributed by atoms with Gasteiger partial charge in [-0.15, -0.1) is 0 Å². The van der Waals surface area contributed by atoms with Crippen molar-refractivity contribution in [2.45, 2.75) is 32.9 Å². The fraction of sp³-hybridized carbons (Fsp3) is 0.273. The molecule has 1 nitrogen and oxygen atoms in total. The standard InChI is InChI=1S/C22H25OP/c1-15(2)22(3,4)24-20-14-13-16-9-5-6-10-17(16)21(20)18-11-7-8-12-19(18)23/h5-15,23-24H,1-4H3. The van der Waals surface area contributed by atoms with Crippen LogP contribution in [-0.4, -0.2) is 10.3 Å². The van der Waals surface area contributed by atoms with Crippen molar-refractivity contribution in [3.8, 4) is 16.9 Å².